The molecule has 5 heteroatoms. The van der Waals surface area contributed by atoms with Gasteiger partial charge in [0.1, 0.15) is 12.4 Å². The van der Waals surface area contributed by atoms with Gasteiger partial charge in [-0.2, -0.15) is 0 Å². The molecule has 2 aromatic rings. The highest BCUT2D eigenvalue weighted by molar-refractivity contribution is 5.97. The number of nitrogens with one attached hydrogen (secondary N) is 1. The predicted octanol–water partition coefficient (Wildman–Crippen LogP) is 3.22. The molecule has 1 aliphatic carbocycles. The van der Waals surface area contributed by atoms with Crippen LogP contribution in [-0.2, 0) is 16.2 Å². The van der Waals surface area contributed by atoms with Crippen molar-refractivity contribution >= 4 is 17.5 Å². The van der Waals surface area contributed by atoms with Gasteiger partial charge in [-0.05, 0) is 42.7 Å². The molecular formula is C21H22N2O3. The molecule has 0 radical (unpaired) electrons. The van der Waals surface area contributed by atoms with E-state index < -0.39 is 0 Å². The van der Waals surface area contributed by atoms with E-state index >= 15 is 0 Å². The van der Waals surface area contributed by atoms with E-state index in [9.17, 15) is 9.59 Å². The maximum absolute atomic E-state index is 12.4. The van der Waals surface area contributed by atoms with Gasteiger partial charge < -0.3 is 15.0 Å². The van der Waals surface area contributed by atoms with Crippen LogP contribution in [0, 0.1) is 5.92 Å². The summed E-state index contributed by atoms with van der Waals surface area (Å²) in [7, 11) is 0. The second-order valence-electron chi connectivity index (χ2n) is 6.97. The van der Waals surface area contributed by atoms with Crippen LogP contribution in [0.15, 0.2) is 54.6 Å². The lowest BCUT2D eigenvalue weighted by Gasteiger charge is -2.15. The molecule has 1 heterocycles. The van der Waals surface area contributed by atoms with Gasteiger partial charge in [0, 0.05) is 24.7 Å². The summed E-state index contributed by atoms with van der Waals surface area (Å²) in [5.41, 5.74) is 1.83. The third-order valence-electron chi connectivity index (χ3n) is 4.89. The van der Waals surface area contributed by atoms with E-state index in [-0.39, 0.29) is 17.7 Å². The number of amides is 2. The van der Waals surface area contributed by atoms with Gasteiger partial charge in [-0.3, -0.25) is 9.59 Å². The molecule has 1 N–H and O–H groups in total. The maximum Gasteiger partial charge on any atom is 0.229 e. The highest BCUT2D eigenvalue weighted by Crippen LogP contribution is 2.33. The van der Waals surface area contributed by atoms with Crippen LogP contribution in [0.5, 0.6) is 5.75 Å². The number of carbonyl (C=O) groups excluding carboxylic acids is 2. The Kier molecular flexibility index (Phi) is 4.61. The SMILES string of the molecule is O=C(Nc1ccc(OCc2ccccc2)cc1)C1CC(=O)N(C2CC2)C1. The van der Waals surface area contributed by atoms with E-state index in [4.69, 9.17) is 4.74 Å². The first-order valence-electron chi connectivity index (χ1n) is 9.06. The van der Waals surface area contributed by atoms with Crippen LogP contribution in [0.3, 0.4) is 0 Å². The number of benzene rings is 2. The summed E-state index contributed by atoms with van der Waals surface area (Å²) in [6.07, 6.45) is 2.47. The van der Waals surface area contributed by atoms with Crippen molar-refractivity contribution in [2.75, 3.05) is 11.9 Å². The maximum atomic E-state index is 12.4. The average Bonchev–Trinajstić information content (AvgIpc) is 3.43. The summed E-state index contributed by atoms with van der Waals surface area (Å²) in [5.74, 6) is 0.525. The number of rotatable bonds is 6. The Morgan fingerprint density at radius 1 is 1.08 bits per heavy atom. The van der Waals surface area contributed by atoms with Crippen molar-refractivity contribution < 1.29 is 14.3 Å². The van der Waals surface area contributed by atoms with Gasteiger partial charge in [0.2, 0.25) is 11.8 Å². The normalized spacial score (nSPS) is 19.5. The van der Waals surface area contributed by atoms with E-state index in [1.54, 1.807) is 0 Å². The molecule has 0 aromatic heterocycles. The number of anilines is 1. The second kappa shape index (κ2) is 7.20. The molecule has 26 heavy (non-hydrogen) atoms. The molecule has 134 valence electrons. The molecule has 1 unspecified atom stereocenters. The first-order chi connectivity index (χ1) is 12.7. The fourth-order valence-corrected chi connectivity index (χ4v) is 3.27. The molecule has 1 atom stereocenters. The zero-order valence-corrected chi connectivity index (χ0v) is 14.6. The number of carbonyl (C=O) groups is 2. The third kappa shape index (κ3) is 3.87. The summed E-state index contributed by atoms with van der Waals surface area (Å²) in [4.78, 5) is 26.3. The van der Waals surface area contributed by atoms with Crippen LogP contribution in [0.2, 0.25) is 0 Å². The lowest BCUT2D eigenvalue weighted by atomic mass is 10.1. The van der Waals surface area contributed by atoms with E-state index in [2.05, 4.69) is 5.32 Å². The zero-order chi connectivity index (χ0) is 17.9. The van der Waals surface area contributed by atoms with Gasteiger partial charge in [-0.15, -0.1) is 0 Å². The smallest absolute Gasteiger partial charge is 0.229 e. The van der Waals surface area contributed by atoms with Crippen molar-refractivity contribution in [2.24, 2.45) is 5.92 Å². The Balaban J connectivity index is 1.29. The van der Waals surface area contributed by atoms with Crippen molar-refractivity contribution in [1.82, 2.24) is 4.90 Å². The van der Waals surface area contributed by atoms with Crippen LogP contribution in [0.1, 0.15) is 24.8 Å². The van der Waals surface area contributed by atoms with Crippen LogP contribution in [0.4, 0.5) is 5.69 Å². The van der Waals surface area contributed by atoms with Gasteiger partial charge in [0.25, 0.3) is 0 Å². The number of likely N-dealkylation sites (tertiary alicyclic amines) is 1. The molecule has 4 rings (SSSR count). The summed E-state index contributed by atoms with van der Waals surface area (Å²) in [6.45, 7) is 1.06. The zero-order valence-electron chi connectivity index (χ0n) is 14.6. The third-order valence-corrected chi connectivity index (χ3v) is 4.89. The first-order valence-corrected chi connectivity index (χ1v) is 9.06. The van der Waals surface area contributed by atoms with Crippen molar-refractivity contribution in [3.05, 3.63) is 60.2 Å². The van der Waals surface area contributed by atoms with Gasteiger partial charge >= 0.3 is 0 Å². The van der Waals surface area contributed by atoms with Gasteiger partial charge in [-0.25, -0.2) is 0 Å². The number of hydrogen-bond donors (Lipinski definition) is 1. The van der Waals surface area contributed by atoms with Crippen molar-refractivity contribution in [1.29, 1.82) is 0 Å². The molecule has 1 saturated heterocycles. The van der Waals surface area contributed by atoms with Crippen molar-refractivity contribution in [3.8, 4) is 5.75 Å². The standard InChI is InChI=1S/C21H22N2O3/c24-20-12-16(13-23(20)18-8-9-18)21(25)22-17-6-10-19(11-7-17)26-14-15-4-2-1-3-5-15/h1-7,10-11,16,18H,8-9,12-14H2,(H,22,25). The molecule has 1 aliphatic heterocycles. The van der Waals surface area contributed by atoms with E-state index in [0.717, 1.165) is 29.8 Å². The second-order valence-corrected chi connectivity index (χ2v) is 6.97. The molecule has 1 saturated carbocycles. The number of nitrogens with zero attached hydrogens (tertiary/aromatic N) is 1. The fraction of sp³-hybridized carbons (Fsp3) is 0.333. The van der Waals surface area contributed by atoms with Crippen LogP contribution in [-0.4, -0.2) is 29.3 Å². The Morgan fingerprint density at radius 2 is 1.81 bits per heavy atom. The van der Waals surface area contributed by atoms with Gasteiger partial charge in [0.05, 0.1) is 5.92 Å². The van der Waals surface area contributed by atoms with E-state index in [1.807, 2.05) is 59.5 Å². The molecule has 5 nitrogen and oxygen atoms in total. The number of hydrogen-bond acceptors (Lipinski definition) is 3. The molecule has 2 amide bonds. The largest absolute Gasteiger partial charge is 0.489 e. The minimum absolute atomic E-state index is 0.0838. The van der Waals surface area contributed by atoms with E-state index in [1.165, 1.54) is 0 Å². The van der Waals surface area contributed by atoms with E-state index in [0.29, 0.717) is 25.6 Å². The summed E-state index contributed by atoms with van der Waals surface area (Å²) < 4.78 is 5.75. The summed E-state index contributed by atoms with van der Waals surface area (Å²) in [6, 6.07) is 17.7. The topological polar surface area (TPSA) is 58.6 Å². The minimum atomic E-state index is -0.253. The van der Waals surface area contributed by atoms with Crippen molar-refractivity contribution in [3.63, 3.8) is 0 Å². The quantitative estimate of drug-likeness (QED) is 0.870. The Labute approximate surface area is 153 Å². The van der Waals surface area contributed by atoms with Crippen LogP contribution >= 0.6 is 0 Å². The molecular weight excluding hydrogens is 328 g/mol. The van der Waals surface area contributed by atoms with Crippen LogP contribution in [0.25, 0.3) is 0 Å². The average molecular weight is 350 g/mol. The highest BCUT2D eigenvalue weighted by atomic mass is 16.5. The molecule has 0 bridgehead atoms. The highest BCUT2D eigenvalue weighted by Gasteiger charge is 2.41. The Bertz CT molecular complexity index is 785. The summed E-state index contributed by atoms with van der Waals surface area (Å²) >= 11 is 0. The minimum Gasteiger partial charge on any atom is -0.489 e. The van der Waals surface area contributed by atoms with Crippen molar-refractivity contribution in [2.45, 2.75) is 31.9 Å². The van der Waals surface area contributed by atoms with Crippen LogP contribution < -0.4 is 10.1 Å². The van der Waals surface area contributed by atoms with Gasteiger partial charge in [-0.1, -0.05) is 30.3 Å². The molecule has 2 fully saturated rings. The lowest BCUT2D eigenvalue weighted by molar-refractivity contribution is -0.128. The fourth-order valence-electron chi connectivity index (χ4n) is 3.27. The van der Waals surface area contributed by atoms with Gasteiger partial charge in [0.15, 0.2) is 0 Å². The molecule has 2 aliphatic rings. The lowest BCUT2D eigenvalue weighted by Crippen LogP contribution is -2.29. The first kappa shape index (κ1) is 16.6. The summed E-state index contributed by atoms with van der Waals surface area (Å²) in [5, 5.41) is 2.91. The predicted molar refractivity (Wildman–Crippen MR) is 98.7 cm³/mol. The molecule has 0 spiro atoms. The Morgan fingerprint density at radius 3 is 2.50 bits per heavy atom. The molecule has 2 aromatic carbocycles. The Hall–Kier alpha value is -2.82. The monoisotopic (exact) mass is 350 g/mol. The number of ether oxygens (including phenoxy) is 1.